The van der Waals surface area contributed by atoms with Gasteiger partial charge in [0.05, 0.1) is 5.02 Å². The van der Waals surface area contributed by atoms with E-state index in [1.54, 1.807) is 30.3 Å². The molecule has 21 heavy (non-hydrogen) atoms. The Balaban J connectivity index is 2.49. The Morgan fingerprint density at radius 3 is 2.14 bits per heavy atom. The summed E-state index contributed by atoms with van der Waals surface area (Å²) < 4.78 is 27.8. The Kier molecular flexibility index (Phi) is 5.81. The molecule has 2 rings (SSSR count). The highest BCUT2D eigenvalue weighted by Crippen LogP contribution is 2.36. The van der Waals surface area contributed by atoms with E-state index in [2.05, 4.69) is 31.9 Å². The molecule has 0 heterocycles. The number of benzene rings is 2. The van der Waals surface area contributed by atoms with Gasteiger partial charge >= 0.3 is 0 Å². The predicted molar refractivity (Wildman–Crippen MR) is 90.8 cm³/mol. The summed E-state index contributed by atoms with van der Waals surface area (Å²) >= 11 is 13.0. The second kappa shape index (κ2) is 7.21. The van der Waals surface area contributed by atoms with Gasteiger partial charge in [-0.15, -0.1) is 0 Å². The SMILES string of the molecule is Fc1ccccc1C(CBr)(CBr)Cc1cccc(F)c1Cl. The lowest BCUT2D eigenvalue weighted by atomic mass is 9.78. The molecule has 0 aliphatic rings. The maximum absolute atomic E-state index is 14.2. The van der Waals surface area contributed by atoms with E-state index < -0.39 is 11.2 Å². The van der Waals surface area contributed by atoms with Gasteiger partial charge in [0.25, 0.3) is 0 Å². The molecule has 0 N–H and O–H groups in total. The molecule has 0 unspecified atom stereocenters. The normalized spacial score (nSPS) is 11.7. The first kappa shape index (κ1) is 16.9. The Morgan fingerprint density at radius 2 is 1.52 bits per heavy atom. The first-order chi connectivity index (χ1) is 10.0. The molecule has 2 aromatic carbocycles. The van der Waals surface area contributed by atoms with Crippen LogP contribution in [0.2, 0.25) is 5.02 Å². The second-order valence-electron chi connectivity index (χ2n) is 4.92. The molecule has 0 aliphatic heterocycles. The van der Waals surface area contributed by atoms with Crippen LogP contribution in [-0.4, -0.2) is 10.7 Å². The van der Waals surface area contributed by atoms with E-state index in [1.165, 1.54) is 12.1 Å². The minimum Gasteiger partial charge on any atom is -0.207 e. The molecule has 5 heteroatoms. The zero-order chi connectivity index (χ0) is 15.5. The molecule has 0 radical (unpaired) electrons. The lowest BCUT2D eigenvalue weighted by Gasteiger charge is -2.31. The van der Waals surface area contributed by atoms with E-state index in [-0.39, 0.29) is 10.8 Å². The summed E-state index contributed by atoms with van der Waals surface area (Å²) in [6.45, 7) is 0. The predicted octanol–water partition coefficient (Wildman–Crippen LogP) is 5.89. The molecule has 2 aromatic rings. The van der Waals surface area contributed by atoms with Crippen LogP contribution < -0.4 is 0 Å². The Labute approximate surface area is 144 Å². The van der Waals surface area contributed by atoms with Crippen LogP contribution in [0.3, 0.4) is 0 Å². The maximum Gasteiger partial charge on any atom is 0.142 e. The van der Waals surface area contributed by atoms with Gasteiger partial charge in [0.2, 0.25) is 0 Å². The van der Waals surface area contributed by atoms with Crippen LogP contribution >= 0.6 is 43.5 Å². The first-order valence-corrected chi connectivity index (χ1v) is 8.96. The fourth-order valence-electron chi connectivity index (χ4n) is 2.31. The van der Waals surface area contributed by atoms with Crippen LogP contribution in [0.1, 0.15) is 11.1 Å². The van der Waals surface area contributed by atoms with Gasteiger partial charge in [0.1, 0.15) is 11.6 Å². The summed E-state index contributed by atoms with van der Waals surface area (Å²) in [5.74, 6) is -0.732. The molecule has 0 bridgehead atoms. The van der Waals surface area contributed by atoms with Crippen molar-refractivity contribution in [2.24, 2.45) is 0 Å². The first-order valence-electron chi connectivity index (χ1n) is 6.34. The van der Waals surface area contributed by atoms with Gasteiger partial charge in [0.15, 0.2) is 0 Å². The third kappa shape index (κ3) is 3.49. The minimum atomic E-state index is -0.539. The van der Waals surface area contributed by atoms with Crippen molar-refractivity contribution in [2.45, 2.75) is 11.8 Å². The van der Waals surface area contributed by atoms with E-state index in [0.29, 0.717) is 28.2 Å². The summed E-state index contributed by atoms with van der Waals surface area (Å²) in [4.78, 5) is 0. The fraction of sp³-hybridized carbons (Fsp3) is 0.250. The third-order valence-electron chi connectivity index (χ3n) is 3.52. The zero-order valence-electron chi connectivity index (χ0n) is 11.1. The number of hydrogen-bond donors (Lipinski definition) is 0. The molecular weight excluding hydrogens is 425 g/mol. The number of halogens is 5. The highest BCUT2D eigenvalue weighted by molar-refractivity contribution is 9.09. The molecule has 0 nitrogen and oxygen atoms in total. The van der Waals surface area contributed by atoms with E-state index in [1.807, 2.05) is 0 Å². The van der Waals surface area contributed by atoms with Crippen LogP contribution in [-0.2, 0) is 11.8 Å². The van der Waals surface area contributed by atoms with Gasteiger partial charge in [0, 0.05) is 16.1 Å². The van der Waals surface area contributed by atoms with Crippen LogP contribution in [0.4, 0.5) is 8.78 Å². The van der Waals surface area contributed by atoms with Gasteiger partial charge in [-0.25, -0.2) is 8.78 Å². The standard InChI is InChI=1S/C16H13Br2ClF2/c17-9-16(10-18,12-5-1-2-6-13(12)20)8-11-4-3-7-14(21)15(11)19/h1-7H,8-10H2. The van der Waals surface area contributed by atoms with Crippen molar-refractivity contribution in [3.63, 3.8) is 0 Å². The number of hydrogen-bond acceptors (Lipinski definition) is 0. The maximum atomic E-state index is 14.2. The van der Waals surface area contributed by atoms with Crippen molar-refractivity contribution in [1.29, 1.82) is 0 Å². The minimum absolute atomic E-state index is 0.0973. The van der Waals surface area contributed by atoms with Crippen molar-refractivity contribution < 1.29 is 8.78 Å². The molecule has 0 aromatic heterocycles. The summed E-state index contributed by atoms with van der Waals surface area (Å²) in [7, 11) is 0. The van der Waals surface area contributed by atoms with E-state index in [9.17, 15) is 8.78 Å². The summed E-state index contributed by atoms with van der Waals surface area (Å²) in [6.07, 6.45) is 0.432. The van der Waals surface area contributed by atoms with Crippen molar-refractivity contribution in [2.75, 3.05) is 10.7 Å². The molecule has 0 aliphatic carbocycles. The van der Waals surface area contributed by atoms with Gasteiger partial charge < -0.3 is 0 Å². The molecule has 0 spiro atoms. The van der Waals surface area contributed by atoms with Crippen LogP contribution in [0.25, 0.3) is 0 Å². The lowest BCUT2D eigenvalue weighted by Crippen LogP contribution is -2.34. The number of rotatable bonds is 5. The van der Waals surface area contributed by atoms with Gasteiger partial charge in [-0.2, -0.15) is 0 Å². The summed E-state index contributed by atoms with van der Waals surface area (Å²) in [6, 6.07) is 11.3. The molecular formula is C16H13Br2ClF2. The largest absolute Gasteiger partial charge is 0.207 e. The van der Waals surface area contributed by atoms with Crippen molar-refractivity contribution in [1.82, 2.24) is 0 Å². The molecule has 0 fully saturated rings. The summed E-state index contributed by atoms with van der Waals surface area (Å²) in [5, 5.41) is 1.15. The quantitative estimate of drug-likeness (QED) is 0.511. The van der Waals surface area contributed by atoms with Crippen molar-refractivity contribution in [3.8, 4) is 0 Å². The van der Waals surface area contributed by atoms with Crippen molar-refractivity contribution >= 4 is 43.5 Å². The van der Waals surface area contributed by atoms with Crippen molar-refractivity contribution in [3.05, 3.63) is 70.2 Å². The zero-order valence-corrected chi connectivity index (χ0v) is 15.0. The molecule has 112 valence electrons. The Hall–Kier alpha value is -0.450. The molecule has 0 saturated carbocycles. The smallest absolute Gasteiger partial charge is 0.142 e. The van der Waals surface area contributed by atoms with Gasteiger partial charge in [-0.05, 0) is 29.7 Å². The molecule has 0 saturated heterocycles. The van der Waals surface area contributed by atoms with Crippen LogP contribution in [0, 0.1) is 11.6 Å². The highest BCUT2D eigenvalue weighted by atomic mass is 79.9. The molecule has 0 amide bonds. The Morgan fingerprint density at radius 1 is 0.905 bits per heavy atom. The van der Waals surface area contributed by atoms with Gasteiger partial charge in [-0.3, -0.25) is 0 Å². The van der Waals surface area contributed by atoms with E-state index in [0.717, 1.165) is 0 Å². The Bertz CT molecular complexity index is 627. The van der Waals surface area contributed by atoms with E-state index in [4.69, 9.17) is 11.6 Å². The van der Waals surface area contributed by atoms with Gasteiger partial charge in [-0.1, -0.05) is 73.8 Å². The fourth-order valence-corrected chi connectivity index (χ4v) is 4.43. The van der Waals surface area contributed by atoms with Crippen LogP contribution in [0.15, 0.2) is 42.5 Å². The lowest BCUT2D eigenvalue weighted by molar-refractivity contribution is 0.499. The highest BCUT2D eigenvalue weighted by Gasteiger charge is 2.33. The third-order valence-corrected chi connectivity index (χ3v) is 6.09. The average Bonchev–Trinajstić information content (AvgIpc) is 2.50. The average molecular weight is 439 g/mol. The molecule has 0 atom stereocenters. The number of alkyl halides is 2. The van der Waals surface area contributed by atoms with E-state index >= 15 is 0 Å². The monoisotopic (exact) mass is 436 g/mol. The summed E-state index contributed by atoms with van der Waals surface area (Å²) in [5.41, 5.74) is 0.709. The second-order valence-corrected chi connectivity index (χ2v) is 6.42. The van der Waals surface area contributed by atoms with Crippen LogP contribution in [0.5, 0.6) is 0 Å². The topological polar surface area (TPSA) is 0 Å².